The van der Waals surface area contributed by atoms with Crippen molar-refractivity contribution in [2.45, 2.75) is 83.5 Å². The van der Waals surface area contributed by atoms with Crippen molar-refractivity contribution in [1.29, 1.82) is 0 Å². The van der Waals surface area contributed by atoms with E-state index in [9.17, 15) is 5.11 Å². The maximum atomic E-state index is 17.2. The quantitative estimate of drug-likeness (QED) is 0.189. The molecule has 6 heterocycles. The van der Waals surface area contributed by atoms with E-state index in [2.05, 4.69) is 75.5 Å². The van der Waals surface area contributed by atoms with Crippen LogP contribution in [0, 0.1) is 5.92 Å². The van der Waals surface area contributed by atoms with Crippen LogP contribution in [0.25, 0.3) is 16.5 Å². The lowest BCUT2D eigenvalue weighted by Crippen LogP contribution is -2.53. The molecule has 0 amide bonds. The Kier molecular flexibility index (Phi) is 11.8. The molecule has 5 aliphatic heterocycles. The molecular weight excluding hydrogens is 737 g/mol. The van der Waals surface area contributed by atoms with Crippen LogP contribution in [0.5, 0.6) is 5.75 Å². The van der Waals surface area contributed by atoms with E-state index in [0.717, 1.165) is 86.4 Å². The molecular formula is C45H59F2N9O2. The topological polar surface area (TPSA) is 108 Å². The van der Waals surface area contributed by atoms with Gasteiger partial charge < -0.3 is 29.6 Å². The van der Waals surface area contributed by atoms with Crippen molar-refractivity contribution < 1.29 is 18.4 Å². The minimum Gasteiger partial charge on any atom is -0.508 e. The number of aryl methyl sites for hydroxylation is 1. The first-order valence-electron chi connectivity index (χ1n) is 21.3. The molecule has 3 aromatic rings. The maximum absolute atomic E-state index is 17.2. The van der Waals surface area contributed by atoms with Crippen LogP contribution in [0.3, 0.4) is 0 Å². The number of piperazine rings is 2. The Morgan fingerprint density at radius 3 is 2.47 bits per heavy atom. The fourth-order valence-electron chi connectivity index (χ4n) is 9.43. The number of nitrogens with zero attached hydrogens (tertiary/aromatic N) is 8. The van der Waals surface area contributed by atoms with Gasteiger partial charge in [0.05, 0.1) is 12.1 Å². The van der Waals surface area contributed by atoms with Crippen molar-refractivity contribution in [3.8, 4) is 5.75 Å². The second-order valence-corrected chi connectivity index (χ2v) is 17.3. The van der Waals surface area contributed by atoms with Gasteiger partial charge in [-0.15, -0.1) is 0 Å². The van der Waals surface area contributed by atoms with Gasteiger partial charge in [0.2, 0.25) is 0 Å². The first-order chi connectivity index (χ1) is 28.0. The lowest BCUT2D eigenvalue weighted by Gasteiger charge is -2.41. The van der Waals surface area contributed by atoms with Crippen LogP contribution in [-0.2, 0) is 6.42 Å². The number of hydrogen-bond acceptors (Lipinski definition) is 11. The summed E-state index contributed by atoms with van der Waals surface area (Å²) in [6.07, 6.45) is 5.48. The minimum absolute atomic E-state index is 0.0454. The molecule has 2 bridgehead atoms. The van der Waals surface area contributed by atoms with Gasteiger partial charge in [-0.1, -0.05) is 51.1 Å². The Balaban J connectivity index is 0.959. The number of phenols is 1. The fraction of sp³-hybridized carbons (Fsp3) is 0.556. The summed E-state index contributed by atoms with van der Waals surface area (Å²) in [5.41, 5.74) is 1.15. The zero-order valence-electron chi connectivity index (χ0n) is 34.6. The number of halogens is 2. The zero-order chi connectivity index (χ0) is 40.6. The van der Waals surface area contributed by atoms with Crippen LogP contribution in [0.1, 0.15) is 76.2 Å². The molecule has 13 heteroatoms. The number of fused-ring (bicyclic) bond motifs is 3. The van der Waals surface area contributed by atoms with E-state index in [1.807, 2.05) is 18.2 Å². The molecule has 8 rings (SSSR count). The molecule has 2 N–H and O–H groups in total. The number of piperidine rings is 1. The lowest BCUT2D eigenvalue weighted by molar-refractivity contribution is 0.0238. The van der Waals surface area contributed by atoms with E-state index in [0.29, 0.717) is 86.4 Å². The van der Waals surface area contributed by atoms with Gasteiger partial charge in [-0.3, -0.25) is 14.9 Å². The number of alkyl halides is 1. The van der Waals surface area contributed by atoms with E-state index in [-0.39, 0.29) is 17.2 Å². The summed E-state index contributed by atoms with van der Waals surface area (Å²) in [6, 6.07) is 12.0. The molecule has 5 aliphatic rings. The molecule has 1 aromatic heterocycles. The molecule has 0 radical (unpaired) electrons. The molecule has 0 spiro atoms. The van der Waals surface area contributed by atoms with Crippen molar-refractivity contribution in [2.75, 3.05) is 76.9 Å². The van der Waals surface area contributed by atoms with E-state index < -0.39 is 11.5 Å². The monoisotopic (exact) mass is 795 g/mol. The Morgan fingerprint density at radius 1 is 1.03 bits per heavy atom. The number of nitrogens with one attached hydrogen (secondary N) is 1. The van der Waals surface area contributed by atoms with Gasteiger partial charge in [0.15, 0.2) is 11.6 Å². The summed E-state index contributed by atoms with van der Waals surface area (Å²) in [5.74, 6) is 2.64. The number of allylic oxidation sites excluding steroid dienone is 2. The lowest BCUT2D eigenvalue weighted by atomic mass is 9.92. The highest BCUT2D eigenvalue weighted by atomic mass is 19.1. The van der Waals surface area contributed by atoms with E-state index >= 15 is 8.78 Å². The minimum atomic E-state index is -1.26. The van der Waals surface area contributed by atoms with Crippen LogP contribution >= 0.6 is 0 Å². The highest BCUT2D eigenvalue weighted by molar-refractivity contribution is 6.29. The van der Waals surface area contributed by atoms with Crippen molar-refractivity contribution in [2.24, 2.45) is 20.9 Å². The molecule has 58 heavy (non-hydrogen) atoms. The highest BCUT2D eigenvalue weighted by Crippen LogP contribution is 2.38. The van der Waals surface area contributed by atoms with Crippen LogP contribution in [0.2, 0.25) is 0 Å². The van der Waals surface area contributed by atoms with Crippen molar-refractivity contribution >= 4 is 40.9 Å². The molecule has 0 saturated carbocycles. The number of phenolic OH excluding ortho intramolecular Hbond substituents is 1. The smallest absolute Gasteiger partial charge is 0.175 e. The third-order valence-electron chi connectivity index (χ3n) is 13.2. The van der Waals surface area contributed by atoms with E-state index in [4.69, 9.17) is 14.5 Å². The zero-order valence-corrected chi connectivity index (χ0v) is 34.6. The first kappa shape index (κ1) is 40.3. The Morgan fingerprint density at radius 2 is 1.78 bits per heavy atom. The summed E-state index contributed by atoms with van der Waals surface area (Å²) in [4.78, 5) is 23.0. The standard InChI is InChI=1S/C45H59F2N9O2/c1-6-31-8-7-9-32-22-35(57)23-36(40(31)32)42-41(46)43(37(25-50-42)44(48-5)56-26-33-10-11-34(27-56)51-33)49-14-17-53-15-12-45(47,13-16-53)28-54-18-20-55(21-19-54)39-24-38(58-52-39)30(4)29(2)3/h7-9,22-25,29-30,33-34,51,57H,5-6,10-21,26-28H2,1-4H3/b44-37+,49-43?. The molecule has 4 fully saturated rings. The number of anilines is 1. The Labute approximate surface area is 341 Å². The van der Waals surface area contributed by atoms with Gasteiger partial charge in [0.1, 0.15) is 34.4 Å². The molecule has 310 valence electrons. The van der Waals surface area contributed by atoms with Gasteiger partial charge in [-0.25, -0.2) is 13.8 Å². The molecule has 2 aromatic carbocycles. The number of aromatic hydroxyl groups is 1. The fourth-order valence-corrected chi connectivity index (χ4v) is 9.43. The summed E-state index contributed by atoms with van der Waals surface area (Å²) >= 11 is 0. The van der Waals surface area contributed by atoms with Gasteiger partial charge in [-0.2, -0.15) is 0 Å². The van der Waals surface area contributed by atoms with Crippen LogP contribution in [0.15, 0.2) is 73.1 Å². The molecule has 11 nitrogen and oxygen atoms in total. The van der Waals surface area contributed by atoms with Crippen molar-refractivity contribution in [3.05, 3.63) is 70.5 Å². The van der Waals surface area contributed by atoms with Gasteiger partial charge in [-0.05, 0) is 73.2 Å². The summed E-state index contributed by atoms with van der Waals surface area (Å²) < 4.78 is 39.2. The second-order valence-electron chi connectivity index (χ2n) is 17.3. The number of likely N-dealkylation sites (tertiary alicyclic amines) is 2. The van der Waals surface area contributed by atoms with Gasteiger partial charge in [0.25, 0.3) is 0 Å². The predicted octanol–water partition coefficient (Wildman–Crippen LogP) is 6.99. The number of aliphatic imine (C=N–C) groups is 3. The third-order valence-corrected chi connectivity index (χ3v) is 13.2. The Hall–Kier alpha value is -4.46. The molecule has 3 atom stereocenters. The normalized spacial score (nSPS) is 25.1. The van der Waals surface area contributed by atoms with Crippen molar-refractivity contribution in [1.82, 2.24) is 25.2 Å². The number of aromatic nitrogens is 1. The third kappa shape index (κ3) is 8.35. The summed E-state index contributed by atoms with van der Waals surface area (Å²) in [7, 11) is 0. The maximum Gasteiger partial charge on any atom is 0.175 e. The van der Waals surface area contributed by atoms with Crippen LogP contribution in [-0.4, -0.2) is 133 Å². The number of benzene rings is 2. The largest absolute Gasteiger partial charge is 0.508 e. The van der Waals surface area contributed by atoms with E-state index in [1.54, 1.807) is 18.3 Å². The van der Waals surface area contributed by atoms with Crippen molar-refractivity contribution in [3.63, 3.8) is 0 Å². The molecule has 3 unspecified atom stereocenters. The first-order valence-corrected chi connectivity index (χ1v) is 21.3. The highest BCUT2D eigenvalue weighted by Gasteiger charge is 2.38. The predicted molar refractivity (Wildman–Crippen MR) is 230 cm³/mol. The average molecular weight is 796 g/mol. The average Bonchev–Trinajstić information content (AvgIpc) is 3.85. The van der Waals surface area contributed by atoms with Gasteiger partial charge >= 0.3 is 0 Å². The van der Waals surface area contributed by atoms with Gasteiger partial charge in [0, 0.05) is 101 Å². The van der Waals surface area contributed by atoms with Crippen LogP contribution < -0.4 is 10.2 Å². The molecule has 4 saturated heterocycles. The Bertz CT molecular complexity index is 2100. The number of rotatable bonds is 12. The number of hydrogen-bond donors (Lipinski definition) is 2. The summed E-state index contributed by atoms with van der Waals surface area (Å²) in [6.45, 7) is 19.7. The molecule has 0 aliphatic carbocycles. The SMILES string of the molecule is C=N/C(=C1/C=NC(c2cc(O)cc3cccc(CC)c23)=C(F)C1=NCCN1CCC(F)(CN2CCN(c3cc(C(C)C(C)C)on3)CC2)CC1)N1CC2CCC(C1)N2. The summed E-state index contributed by atoms with van der Waals surface area (Å²) in [5, 5.41) is 20.4. The van der Waals surface area contributed by atoms with E-state index in [1.165, 1.54) is 0 Å². The van der Waals surface area contributed by atoms with Crippen LogP contribution in [0.4, 0.5) is 14.6 Å². The second kappa shape index (κ2) is 17.0.